The molecule has 1 heteroatoms. The third-order valence-corrected chi connectivity index (χ3v) is 4.43. The molecule has 62 valence electrons. The van der Waals surface area contributed by atoms with E-state index >= 15 is 0 Å². The van der Waals surface area contributed by atoms with E-state index in [2.05, 4.69) is 50.0 Å². The fourth-order valence-electron chi connectivity index (χ4n) is 1.65. The quantitative estimate of drug-likeness (QED) is 0.583. The summed E-state index contributed by atoms with van der Waals surface area (Å²) in [6.45, 7) is 7.19. The first-order chi connectivity index (χ1) is 5.59. The molecule has 0 atom stereocenters. The van der Waals surface area contributed by atoms with Gasteiger partial charge in [-0.3, -0.25) is 0 Å². The third-order valence-electron chi connectivity index (χ3n) is 2.38. The second kappa shape index (κ2) is 2.33. The normalized spacial score (nSPS) is 13.9. The maximum Gasteiger partial charge on any atom is 0.0784 e. The van der Waals surface area contributed by atoms with Crippen molar-refractivity contribution in [1.82, 2.24) is 0 Å². The number of hydrogen-bond acceptors (Lipinski definition) is 0. The Labute approximate surface area is 74.9 Å². The van der Waals surface area contributed by atoms with E-state index in [4.69, 9.17) is 0 Å². The molecule has 1 aromatic rings. The molecule has 0 radical (unpaired) electrons. The van der Waals surface area contributed by atoms with Crippen LogP contribution in [0, 0.1) is 0 Å². The lowest BCUT2D eigenvalue weighted by molar-refractivity contribution is 1.58. The topological polar surface area (TPSA) is 0 Å². The second-order valence-electron chi connectivity index (χ2n) is 4.39. The summed E-state index contributed by atoms with van der Waals surface area (Å²) in [4.78, 5) is 0. The summed E-state index contributed by atoms with van der Waals surface area (Å²) in [5.41, 5.74) is 2.92. The molecule has 0 aliphatic heterocycles. The van der Waals surface area contributed by atoms with Gasteiger partial charge in [-0.15, -0.1) is 0 Å². The van der Waals surface area contributed by atoms with Crippen molar-refractivity contribution in [3.05, 3.63) is 29.3 Å². The molecule has 0 spiro atoms. The van der Waals surface area contributed by atoms with E-state index in [0.717, 1.165) is 0 Å². The Hall–Kier alpha value is -0.823. The van der Waals surface area contributed by atoms with Gasteiger partial charge in [0, 0.05) is 0 Å². The van der Waals surface area contributed by atoms with Gasteiger partial charge in [0.1, 0.15) is 0 Å². The summed E-state index contributed by atoms with van der Waals surface area (Å²) in [6, 6.07) is 6.66. The average molecular weight is 174 g/mol. The van der Waals surface area contributed by atoms with Gasteiger partial charge in [-0.1, -0.05) is 55.2 Å². The van der Waals surface area contributed by atoms with E-state index in [1.165, 1.54) is 11.1 Å². The molecular formula is C11H14Si. The minimum absolute atomic E-state index is 1.11. The molecule has 0 saturated heterocycles. The molecule has 1 aliphatic rings. The Balaban J connectivity index is 2.56. The van der Waals surface area contributed by atoms with Gasteiger partial charge in [0.05, 0.1) is 8.07 Å². The van der Waals surface area contributed by atoms with E-state index in [9.17, 15) is 0 Å². The van der Waals surface area contributed by atoms with Gasteiger partial charge in [-0.25, -0.2) is 0 Å². The highest BCUT2D eigenvalue weighted by atomic mass is 28.3. The van der Waals surface area contributed by atoms with Gasteiger partial charge in [0.15, 0.2) is 0 Å². The summed E-state index contributed by atoms with van der Waals surface area (Å²) >= 11 is 0. The molecule has 1 aromatic carbocycles. The highest BCUT2D eigenvalue weighted by Crippen LogP contribution is 2.23. The zero-order valence-corrected chi connectivity index (χ0v) is 8.89. The maximum absolute atomic E-state index is 2.40. The summed E-state index contributed by atoms with van der Waals surface area (Å²) in [5, 5.41) is 1.60. The first-order valence-electron chi connectivity index (χ1n) is 4.40. The van der Waals surface area contributed by atoms with Crippen molar-refractivity contribution in [1.29, 1.82) is 0 Å². The van der Waals surface area contributed by atoms with Crippen LogP contribution in [0.15, 0.2) is 18.2 Å². The number of rotatable bonds is 1. The first-order valence-corrected chi connectivity index (χ1v) is 7.90. The molecule has 0 amide bonds. The lowest BCUT2D eigenvalue weighted by atomic mass is 9.98. The Morgan fingerprint density at radius 2 is 1.75 bits per heavy atom. The van der Waals surface area contributed by atoms with Gasteiger partial charge in [0.2, 0.25) is 0 Å². The summed E-state index contributed by atoms with van der Waals surface area (Å²) in [5.74, 6) is 0. The van der Waals surface area contributed by atoms with Crippen molar-refractivity contribution in [2.75, 3.05) is 0 Å². The van der Waals surface area contributed by atoms with Crippen LogP contribution in [-0.4, -0.2) is 8.07 Å². The second-order valence-corrected chi connectivity index (χ2v) is 9.43. The van der Waals surface area contributed by atoms with Crippen LogP contribution in [0.3, 0.4) is 0 Å². The Kier molecular flexibility index (Phi) is 1.52. The van der Waals surface area contributed by atoms with Gasteiger partial charge in [0.25, 0.3) is 0 Å². The zero-order valence-electron chi connectivity index (χ0n) is 7.89. The fourth-order valence-corrected chi connectivity index (χ4v) is 3.28. The van der Waals surface area contributed by atoms with Crippen molar-refractivity contribution in [2.45, 2.75) is 19.6 Å². The SMILES string of the molecule is C[Si](C)(C)c1cccc2c1C=C2. The van der Waals surface area contributed by atoms with Crippen LogP contribution in [0.1, 0.15) is 11.1 Å². The molecule has 12 heavy (non-hydrogen) atoms. The minimum Gasteiger partial charge on any atom is -0.0656 e. The van der Waals surface area contributed by atoms with Crippen molar-refractivity contribution in [3.8, 4) is 0 Å². The van der Waals surface area contributed by atoms with E-state index in [1.54, 1.807) is 5.19 Å². The summed E-state index contributed by atoms with van der Waals surface area (Å²) in [6.07, 6.45) is 4.43. The molecular weight excluding hydrogens is 160 g/mol. The summed E-state index contributed by atoms with van der Waals surface area (Å²) < 4.78 is 0. The van der Waals surface area contributed by atoms with Gasteiger partial charge < -0.3 is 0 Å². The molecule has 0 unspecified atom stereocenters. The molecule has 0 aromatic heterocycles. The standard InChI is InChI=1S/C11H14Si/c1-12(2,3)11-6-4-5-9-7-8-10(9)11/h4-8H,1-3H3. The predicted octanol–water partition coefficient (Wildman–Crippen LogP) is 2.72. The number of benzene rings is 1. The van der Waals surface area contributed by atoms with Crippen LogP contribution >= 0.6 is 0 Å². The lowest BCUT2D eigenvalue weighted by Gasteiger charge is -2.24. The van der Waals surface area contributed by atoms with Crippen LogP contribution in [0.5, 0.6) is 0 Å². The Morgan fingerprint density at radius 3 is 2.17 bits per heavy atom. The van der Waals surface area contributed by atoms with Crippen molar-refractivity contribution >= 4 is 25.4 Å². The predicted molar refractivity (Wildman–Crippen MR) is 58.4 cm³/mol. The number of fused-ring (bicyclic) bond motifs is 1. The van der Waals surface area contributed by atoms with Crippen LogP contribution in [0.2, 0.25) is 19.6 Å². The highest BCUT2D eigenvalue weighted by molar-refractivity contribution is 6.89. The average Bonchev–Trinajstić information content (AvgIpc) is 1.88. The fraction of sp³-hybridized carbons (Fsp3) is 0.273. The Morgan fingerprint density at radius 1 is 1.00 bits per heavy atom. The van der Waals surface area contributed by atoms with Crippen LogP contribution in [-0.2, 0) is 0 Å². The third kappa shape index (κ3) is 1.05. The van der Waals surface area contributed by atoms with Gasteiger partial charge >= 0.3 is 0 Å². The minimum atomic E-state index is -1.11. The van der Waals surface area contributed by atoms with Crippen LogP contribution in [0.25, 0.3) is 12.2 Å². The summed E-state index contributed by atoms with van der Waals surface area (Å²) in [7, 11) is -1.11. The molecule has 1 aliphatic carbocycles. The van der Waals surface area contributed by atoms with E-state index in [1.807, 2.05) is 0 Å². The van der Waals surface area contributed by atoms with E-state index in [-0.39, 0.29) is 0 Å². The van der Waals surface area contributed by atoms with Crippen molar-refractivity contribution < 1.29 is 0 Å². The molecule has 0 N–H and O–H groups in total. The largest absolute Gasteiger partial charge is 0.0784 e. The van der Waals surface area contributed by atoms with E-state index in [0.29, 0.717) is 0 Å². The zero-order chi connectivity index (χ0) is 8.77. The smallest absolute Gasteiger partial charge is 0.0656 e. The van der Waals surface area contributed by atoms with Crippen molar-refractivity contribution in [2.24, 2.45) is 0 Å². The van der Waals surface area contributed by atoms with Crippen LogP contribution < -0.4 is 5.19 Å². The van der Waals surface area contributed by atoms with Crippen molar-refractivity contribution in [3.63, 3.8) is 0 Å². The molecule has 0 nitrogen and oxygen atoms in total. The first kappa shape index (κ1) is 7.81. The molecule has 2 rings (SSSR count). The molecule has 0 bridgehead atoms. The van der Waals surface area contributed by atoms with Gasteiger partial charge in [-0.2, -0.15) is 0 Å². The lowest BCUT2D eigenvalue weighted by Crippen LogP contribution is -2.40. The number of hydrogen-bond donors (Lipinski definition) is 0. The Bertz CT molecular complexity index is 343. The maximum atomic E-state index is 2.40. The molecule has 0 saturated carbocycles. The van der Waals surface area contributed by atoms with Gasteiger partial charge in [-0.05, 0) is 11.1 Å². The molecule has 0 fully saturated rings. The molecule has 0 heterocycles. The van der Waals surface area contributed by atoms with E-state index < -0.39 is 8.07 Å². The monoisotopic (exact) mass is 174 g/mol. The highest BCUT2D eigenvalue weighted by Gasteiger charge is 2.22. The van der Waals surface area contributed by atoms with Crippen LogP contribution in [0.4, 0.5) is 0 Å².